The van der Waals surface area contributed by atoms with Crippen molar-refractivity contribution in [1.29, 1.82) is 0 Å². The third kappa shape index (κ3) is 4.28. The van der Waals surface area contributed by atoms with E-state index in [0.29, 0.717) is 18.5 Å². The molecule has 0 heterocycles. The van der Waals surface area contributed by atoms with Gasteiger partial charge in [-0.15, -0.1) is 0 Å². The van der Waals surface area contributed by atoms with Gasteiger partial charge in [0, 0.05) is 6.04 Å². The maximum atomic E-state index is 5.77. The summed E-state index contributed by atoms with van der Waals surface area (Å²) in [6.07, 6.45) is 3.44. The lowest BCUT2D eigenvalue weighted by atomic mass is 10.2. The Balaban J connectivity index is 1.81. The van der Waals surface area contributed by atoms with E-state index in [2.05, 4.69) is 17.2 Å². The molecule has 2 rings (SSSR count). The summed E-state index contributed by atoms with van der Waals surface area (Å²) in [6, 6.07) is 8.56. The Morgan fingerprint density at radius 2 is 2.11 bits per heavy atom. The number of hydrogen-bond donors (Lipinski definition) is 2. The zero-order valence-corrected chi connectivity index (χ0v) is 10.9. The Labute approximate surface area is 108 Å². The average Bonchev–Trinajstić information content (AvgIpc) is 3.19. The maximum Gasteiger partial charge on any atom is 0.189 e. The minimum atomic E-state index is 0.545. The number of nitrogens with one attached hydrogen (secondary N) is 1. The molecule has 1 aromatic carbocycles. The van der Waals surface area contributed by atoms with Crippen LogP contribution >= 0.6 is 0 Å². The highest BCUT2D eigenvalue weighted by molar-refractivity contribution is 5.78. The van der Waals surface area contributed by atoms with Crippen LogP contribution in [0.15, 0.2) is 29.3 Å². The van der Waals surface area contributed by atoms with Crippen molar-refractivity contribution in [2.24, 2.45) is 10.7 Å². The van der Waals surface area contributed by atoms with Gasteiger partial charge in [-0.1, -0.05) is 19.1 Å². The Kier molecular flexibility index (Phi) is 4.45. The van der Waals surface area contributed by atoms with Gasteiger partial charge in [-0.05, 0) is 37.0 Å². The number of guanidine groups is 1. The fraction of sp³-hybridized carbons (Fsp3) is 0.500. The average molecular weight is 247 g/mol. The number of rotatable bonds is 6. The summed E-state index contributed by atoms with van der Waals surface area (Å²) in [4.78, 5) is 4.31. The third-order valence-corrected chi connectivity index (χ3v) is 2.76. The highest BCUT2D eigenvalue weighted by Gasteiger charge is 2.21. The van der Waals surface area contributed by atoms with Crippen LogP contribution in [0.25, 0.3) is 0 Å². The van der Waals surface area contributed by atoms with Crippen molar-refractivity contribution in [1.82, 2.24) is 5.32 Å². The van der Waals surface area contributed by atoms with Crippen LogP contribution in [0.1, 0.15) is 31.7 Å². The monoisotopic (exact) mass is 247 g/mol. The number of nitrogens with zero attached hydrogens (tertiary/aromatic N) is 1. The number of benzene rings is 1. The lowest BCUT2D eigenvalue weighted by molar-refractivity contribution is 0.317. The van der Waals surface area contributed by atoms with Crippen LogP contribution in [-0.2, 0) is 6.54 Å². The minimum absolute atomic E-state index is 0.545. The maximum absolute atomic E-state index is 5.77. The normalized spacial score (nSPS) is 15.5. The molecule has 1 fully saturated rings. The van der Waals surface area contributed by atoms with Gasteiger partial charge < -0.3 is 15.8 Å². The molecule has 0 unspecified atom stereocenters. The fourth-order valence-electron chi connectivity index (χ4n) is 1.57. The number of ether oxygens (including phenoxy) is 1. The number of aliphatic imine (C=N–C) groups is 1. The van der Waals surface area contributed by atoms with E-state index in [4.69, 9.17) is 10.5 Å². The molecule has 98 valence electrons. The van der Waals surface area contributed by atoms with Crippen LogP contribution in [0.4, 0.5) is 0 Å². The second-order valence-electron chi connectivity index (χ2n) is 4.61. The first kappa shape index (κ1) is 12.7. The van der Waals surface area contributed by atoms with Crippen molar-refractivity contribution < 1.29 is 4.74 Å². The summed E-state index contributed by atoms with van der Waals surface area (Å²) in [5, 5.41) is 3.17. The lowest BCUT2D eigenvalue weighted by Gasteiger charge is -2.06. The van der Waals surface area contributed by atoms with Gasteiger partial charge in [0.1, 0.15) is 5.75 Å². The molecule has 0 aromatic heterocycles. The van der Waals surface area contributed by atoms with E-state index in [1.807, 2.05) is 24.3 Å². The zero-order chi connectivity index (χ0) is 12.8. The van der Waals surface area contributed by atoms with Gasteiger partial charge in [0.05, 0.1) is 13.2 Å². The van der Waals surface area contributed by atoms with Crippen molar-refractivity contribution >= 4 is 5.96 Å². The second kappa shape index (κ2) is 6.28. The molecule has 1 aromatic rings. The van der Waals surface area contributed by atoms with E-state index in [-0.39, 0.29) is 0 Å². The van der Waals surface area contributed by atoms with Crippen LogP contribution < -0.4 is 15.8 Å². The standard InChI is InChI=1S/C14H21N3O/c1-2-9-18-13-7-3-11(4-8-13)10-16-14(15)17-12-5-6-12/h3-4,7-8,12H,2,5-6,9-10H2,1H3,(H3,15,16,17). The number of nitrogens with two attached hydrogens (primary N) is 1. The lowest BCUT2D eigenvalue weighted by Crippen LogP contribution is -2.33. The van der Waals surface area contributed by atoms with E-state index in [1.165, 1.54) is 12.8 Å². The minimum Gasteiger partial charge on any atom is -0.494 e. The summed E-state index contributed by atoms with van der Waals surface area (Å²) in [6.45, 7) is 3.47. The smallest absolute Gasteiger partial charge is 0.189 e. The molecule has 0 radical (unpaired) electrons. The number of hydrogen-bond acceptors (Lipinski definition) is 2. The highest BCUT2D eigenvalue weighted by Crippen LogP contribution is 2.18. The molecule has 18 heavy (non-hydrogen) atoms. The van der Waals surface area contributed by atoms with Gasteiger partial charge in [-0.25, -0.2) is 4.99 Å². The van der Waals surface area contributed by atoms with Crippen molar-refractivity contribution in [2.75, 3.05) is 6.61 Å². The summed E-state index contributed by atoms with van der Waals surface area (Å²) in [5.74, 6) is 1.46. The molecule has 0 bridgehead atoms. The van der Waals surface area contributed by atoms with Gasteiger partial charge in [0.15, 0.2) is 5.96 Å². The van der Waals surface area contributed by atoms with Gasteiger partial charge in [-0.3, -0.25) is 0 Å². The molecule has 3 N–H and O–H groups in total. The first-order valence-corrected chi connectivity index (χ1v) is 6.56. The van der Waals surface area contributed by atoms with E-state index in [9.17, 15) is 0 Å². The van der Waals surface area contributed by atoms with Crippen LogP contribution in [0, 0.1) is 0 Å². The molecule has 1 aliphatic rings. The summed E-state index contributed by atoms with van der Waals surface area (Å²) < 4.78 is 5.52. The van der Waals surface area contributed by atoms with Gasteiger partial charge >= 0.3 is 0 Å². The molecule has 0 amide bonds. The van der Waals surface area contributed by atoms with Crippen molar-refractivity contribution in [2.45, 2.75) is 38.8 Å². The molecule has 0 aliphatic heterocycles. The molecule has 0 atom stereocenters. The predicted molar refractivity (Wildman–Crippen MR) is 73.7 cm³/mol. The largest absolute Gasteiger partial charge is 0.494 e. The van der Waals surface area contributed by atoms with Crippen molar-refractivity contribution in [3.8, 4) is 5.75 Å². The van der Waals surface area contributed by atoms with Crippen LogP contribution in [0.2, 0.25) is 0 Å². The Bertz CT molecular complexity index is 396. The van der Waals surface area contributed by atoms with Crippen molar-refractivity contribution in [3.63, 3.8) is 0 Å². The Hall–Kier alpha value is -1.71. The predicted octanol–water partition coefficient (Wildman–Crippen LogP) is 2.04. The molecule has 4 nitrogen and oxygen atoms in total. The van der Waals surface area contributed by atoms with E-state index < -0.39 is 0 Å². The first-order valence-electron chi connectivity index (χ1n) is 6.56. The zero-order valence-electron chi connectivity index (χ0n) is 10.9. The topological polar surface area (TPSA) is 59.6 Å². The van der Waals surface area contributed by atoms with Gasteiger partial charge in [0.2, 0.25) is 0 Å². The Morgan fingerprint density at radius 3 is 2.72 bits per heavy atom. The molecule has 0 saturated heterocycles. The Morgan fingerprint density at radius 1 is 1.39 bits per heavy atom. The van der Waals surface area contributed by atoms with E-state index in [0.717, 1.165) is 24.3 Å². The third-order valence-electron chi connectivity index (χ3n) is 2.76. The highest BCUT2D eigenvalue weighted by atomic mass is 16.5. The summed E-state index contributed by atoms with van der Waals surface area (Å²) >= 11 is 0. The van der Waals surface area contributed by atoms with Crippen molar-refractivity contribution in [3.05, 3.63) is 29.8 Å². The first-order chi connectivity index (χ1) is 8.78. The molecular weight excluding hydrogens is 226 g/mol. The molecule has 1 aliphatic carbocycles. The summed E-state index contributed by atoms with van der Waals surface area (Å²) in [5.41, 5.74) is 6.91. The summed E-state index contributed by atoms with van der Waals surface area (Å²) in [7, 11) is 0. The van der Waals surface area contributed by atoms with Gasteiger partial charge in [0.25, 0.3) is 0 Å². The second-order valence-corrected chi connectivity index (χ2v) is 4.61. The van der Waals surface area contributed by atoms with Crippen LogP contribution in [-0.4, -0.2) is 18.6 Å². The van der Waals surface area contributed by atoms with Crippen LogP contribution in [0.5, 0.6) is 5.75 Å². The molecule has 0 spiro atoms. The fourth-order valence-corrected chi connectivity index (χ4v) is 1.57. The SMILES string of the molecule is CCCOc1ccc(CN=C(N)NC2CC2)cc1. The van der Waals surface area contributed by atoms with Gasteiger partial charge in [-0.2, -0.15) is 0 Å². The quantitative estimate of drug-likeness (QED) is 0.597. The van der Waals surface area contributed by atoms with E-state index >= 15 is 0 Å². The molecule has 4 heteroatoms. The molecular formula is C14H21N3O. The van der Waals surface area contributed by atoms with Crippen LogP contribution in [0.3, 0.4) is 0 Å². The molecule has 1 saturated carbocycles. The van der Waals surface area contributed by atoms with E-state index in [1.54, 1.807) is 0 Å².